The van der Waals surface area contributed by atoms with E-state index in [2.05, 4.69) is 219 Å². The molecular formula is C110H175F5O5S5. The second kappa shape index (κ2) is 55.8. The lowest BCUT2D eigenvalue weighted by Crippen LogP contribution is -2.49. The Morgan fingerprint density at radius 3 is 0.400 bits per heavy atom. The zero-order valence-electron chi connectivity index (χ0n) is 78.8. The van der Waals surface area contributed by atoms with Crippen molar-refractivity contribution < 1.29 is 47.2 Å². The van der Waals surface area contributed by atoms with E-state index in [1.54, 1.807) is 0 Å². The Kier molecular flexibility index (Phi) is 49.6. The number of hydrogen-bond donors (Lipinski definition) is 5. The minimum Gasteiger partial charge on any atom is -0.375 e. The molecule has 0 saturated heterocycles. The molecule has 710 valence electrons. The molecule has 20 rings (SSSR count). The van der Waals surface area contributed by atoms with Crippen LogP contribution in [0.1, 0.15) is 448 Å². The van der Waals surface area contributed by atoms with E-state index in [9.17, 15) is 0 Å². The summed E-state index contributed by atoms with van der Waals surface area (Å²) in [6.45, 7) is 16.3. The Morgan fingerprint density at radius 2 is 0.280 bits per heavy atom. The van der Waals surface area contributed by atoms with Crippen molar-refractivity contribution in [2.75, 3.05) is 33.0 Å². The van der Waals surface area contributed by atoms with E-state index in [0.717, 1.165) is 57.5 Å². The van der Waals surface area contributed by atoms with E-state index >= 15 is 0 Å². The van der Waals surface area contributed by atoms with Crippen LogP contribution in [0, 0.1) is 0 Å². The van der Waals surface area contributed by atoms with Crippen LogP contribution in [0.4, 0.5) is 23.5 Å². The molecule has 0 aromatic heterocycles. The largest absolute Gasteiger partial charge is 0.375 e. The number of fused-ring (bicyclic) bond motifs is 15. The SMILES string of the molecule is CCCCCCCCOC12CCC(c3ccc(S)cc3)(CC1)CC2.CCCCCCCCOC12CCC(c3ccc(S)cc3)(CC1)CC2.CCCCCCCCOC12CCC(c3ccc(S)cc3)(CC1)CC2.CCCCCCCCOC12CCC(c3ccc(S)cc3)(CC1)CC2.CCCCCCCCOC12CCC(c3ccc(S)cc3)(CC1)CC2.F.F.F.F.F. The standard InChI is InChI=1S/5C22H34OS.5FH/c5*1-2-3-4-5-6-7-18-23-22-15-12-21(13-16-22,14-17-22)19-8-10-20(24)11-9-19;;;;;/h5*8-11,24H,2-7,12-18H2,1H3;5*1H. The molecule has 5 nitrogen and oxygen atoms in total. The number of ether oxygens (including phenoxy) is 5. The molecule has 0 radical (unpaired) electrons. The molecule has 15 saturated carbocycles. The van der Waals surface area contributed by atoms with Crippen molar-refractivity contribution >= 4 is 63.1 Å². The molecule has 0 aliphatic heterocycles. The van der Waals surface area contributed by atoms with Crippen LogP contribution >= 0.6 is 63.1 Å². The van der Waals surface area contributed by atoms with Gasteiger partial charge in [0.05, 0.1) is 28.0 Å². The first kappa shape index (κ1) is 111. The van der Waals surface area contributed by atoms with Crippen LogP contribution in [-0.4, -0.2) is 61.0 Å². The van der Waals surface area contributed by atoms with Crippen LogP contribution in [0.2, 0.25) is 0 Å². The van der Waals surface area contributed by atoms with Gasteiger partial charge in [-0.2, -0.15) is 0 Å². The average Bonchev–Trinajstić information content (AvgIpc) is 0.774. The molecule has 15 heteroatoms. The van der Waals surface area contributed by atoms with Gasteiger partial charge in [-0.25, -0.2) is 0 Å². The Hall–Kier alpha value is -2.70. The topological polar surface area (TPSA) is 46.2 Å². The highest BCUT2D eigenvalue weighted by Crippen LogP contribution is 2.60. The van der Waals surface area contributed by atoms with E-state index in [4.69, 9.17) is 23.7 Å². The molecule has 0 amide bonds. The Labute approximate surface area is 786 Å². The Morgan fingerprint density at radius 1 is 0.168 bits per heavy atom. The van der Waals surface area contributed by atoms with E-state index < -0.39 is 0 Å². The first-order valence-corrected chi connectivity index (χ1v) is 52.8. The summed E-state index contributed by atoms with van der Waals surface area (Å²) in [6, 6.07) is 44.5. The first-order chi connectivity index (χ1) is 58.4. The Bertz CT molecular complexity index is 3000. The lowest BCUT2D eigenvalue weighted by molar-refractivity contribution is -0.119. The van der Waals surface area contributed by atoms with Gasteiger partial charge >= 0.3 is 0 Å². The monoisotopic (exact) mass is 1830 g/mol. The summed E-state index contributed by atoms with van der Waals surface area (Å²) in [5.74, 6) is 0. The molecule has 15 aliphatic carbocycles. The Balaban J connectivity index is 0.000000239. The molecule has 10 bridgehead atoms. The molecule has 125 heavy (non-hydrogen) atoms. The number of unbranched alkanes of at least 4 members (excludes halogenated alkanes) is 25. The molecule has 0 heterocycles. The van der Waals surface area contributed by atoms with Gasteiger partial charge in [0.25, 0.3) is 0 Å². The fourth-order valence-corrected chi connectivity index (χ4v) is 24.7. The van der Waals surface area contributed by atoms with Gasteiger partial charge in [0.1, 0.15) is 0 Å². The maximum atomic E-state index is 6.45. The van der Waals surface area contributed by atoms with Crippen LogP contribution in [0.15, 0.2) is 146 Å². The van der Waals surface area contributed by atoms with Crippen LogP contribution in [0.3, 0.4) is 0 Å². The predicted octanol–water partition coefficient (Wildman–Crippen LogP) is 34.2. The maximum Gasteiger partial charge on any atom is 0.0683 e. The summed E-state index contributed by atoms with van der Waals surface area (Å²) in [6.07, 6.45) is 78.8. The molecule has 15 aliphatic rings. The smallest absolute Gasteiger partial charge is 0.0683 e. The number of rotatable bonds is 45. The van der Waals surface area contributed by atoms with E-state index in [-0.39, 0.29) is 51.5 Å². The lowest BCUT2D eigenvalue weighted by Gasteiger charge is -2.53. The summed E-state index contributed by atoms with van der Waals surface area (Å²) in [4.78, 5) is 5.34. The van der Waals surface area contributed by atoms with Crippen molar-refractivity contribution in [3.63, 3.8) is 0 Å². The zero-order valence-corrected chi connectivity index (χ0v) is 83.3. The average molecular weight is 1830 g/mol. The summed E-state index contributed by atoms with van der Waals surface area (Å²) in [7, 11) is 0. The van der Waals surface area contributed by atoms with Gasteiger partial charge in [-0.1, -0.05) is 256 Å². The van der Waals surface area contributed by atoms with Crippen molar-refractivity contribution in [2.45, 2.75) is 499 Å². The van der Waals surface area contributed by atoms with Crippen LogP contribution < -0.4 is 0 Å². The van der Waals surface area contributed by atoms with Crippen molar-refractivity contribution in [3.05, 3.63) is 149 Å². The minimum absolute atomic E-state index is 0. The molecular weight excluding hydrogens is 1660 g/mol. The normalized spacial score (nSPS) is 27.9. The number of thiol groups is 5. The third-order valence-corrected chi connectivity index (χ3v) is 34.3. The van der Waals surface area contributed by atoms with Gasteiger partial charge < -0.3 is 23.7 Å². The van der Waals surface area contributed by atoms with E-state index in [1.165, 1.54) is 413 Å². The van der Waals surface area contributed by atoms with Crippen molar-refractivity contribution in [3.8, 4) is 0 Å². The van der Waals surface area contributed by atoms with Crippen LogP contribution in [0.25, 0.3) is 0 Å². The zero-order chi connectivity index (χ0) is 84.4. The fourth-order valence-electron chi connectivity index (χ4n) is 23.9. The number of halogens is 5. The summed E-state index contributed by atoms with van der Waals surface area (Å²) in [5.41, 5.74) is 10.9. The second-order valence-electron chi connectivity index (χ2n) is 40.6. The highest BCUT2D eigenvalue weighted by Gasteiger charge is 2.55. The maximum absolute atomic E-state index is 6.45. The molecule has 0 unspecified atom stereocenters. The van der Waals surface area contributed by atoms with Gasteiger partial charge in [0.2, 0.25) is 0 Å². The molecule has 0 atom stereocenters. The minimum atomic E-state index is 0. The van der Waals surface area contributed by atoms with Crippen molar-refractivity contribution in [2.24, 2.45) is 0 Å². The van der Waals surface area contributed by atoms with Gasteiger partial charge in [-0.3, -0.25) is 23.5 Å². The van der Waals surface area contributed by atoms with E-state index in [0.29, 0.717) is 27.1 Å². The summed E-state index contributed by atoms with van der Waals surface area (Å²) >= 11 is 22.1. The highest BCUT2D eigenvalue weighted by molar-refractivity contribution is 7.81. The van der Waals surface area contributed by atoms with Crippen molar-refractivity contribution in [1.29, 1.82) is 0 Å². The molecule has 0 N–H and O–H groups in total. The second-order valence-corrected chi connectivity index (χ2v) is 43.2. The van der Waals surface area contributed by atoms with Crippen LogP contribution in [-0.2, 0) is 50.8 Å². The lowest BCUT2D eigenvalue weighted by atomic mass is 9.56. The van der Waals surface area contributed by atoms with Gasteiger partial charge in [-0.15, -0.1) is 63.1 Å². The molecule has 15 fully saturated rings. The summed E-state index contributed by atoms with van der Waals surface area (Å²) < 4.78 is 32.3. The number of hydrogen-bond acceptors (Lipinski definition) is 10. The third-order valence-electron chi connectivity index (χ3n) is 32.8. The quantitative estimate of drug-likeness (QED) is 0.0153. The molecule has 5 aromatic rings. The molecule has 5 aromatic carbocycles. The number of benzene rings is 5. The van der Waals surface area contributed by atoms with Gasteiger partial charge in [0.15, 0.2) is 0 Å². The molecule has 0 spiro atoms. The van der Waals surface area contributed by atoms with Gasteiger partial charge in [-0.05, 0) is 340 Å². The fraction of sp³-hybridized carbons (Fsp3) is 0.727. The van der Waals surface area contributed by atoms with Gasteiger partial charge in [0, 0.05) is 57.5 Å². The predicted molar refractivity (Wildman–Crippen MR) is 538 cm³/mol. The van der Waals surface area contributed by atoms with Crippen molar-refractivity contribution in [1.82, 2.24) is 0 Å². The summed E-state index contributed by atoms with van der Waals surface area (Å²) in [5, 5.41) is 0. The van der Waals surface area contributed by atoms with E-state index in [1.807, 2.05) is 0 Å². The van der Waals surface area contributed by atoms with Crippen LogP contribution in [0.5, 0.6) is 0 Å². The first-order valence-electron chi connectivity index (χ1n) is 50.6. The highest BCUT2D eigenvalue weighted by atomic mass is 32.1. The third kappa shape index (κ3) is 32.0.